The van der Waals surface area contributed by atoms with Gasteiger partial charge in [-0.25, -0.2) is 0 Å². The molecule has 2 rings (SSSR count). The number of rotatable bonds is 5. The Bertz CT molecular complexity index is 440. The van der Waals surface area contributed by atoms with Crippen molar-refractivity contribution in [2.75, 3.05) is 0 Å². The molecule has 0 aliphatic heterocycles. The van der Waals surface area contributed by atoms with Crippen LogP contribution in [0.25, 0.3) is 0 Å². The fraction of sp³-hybridized carbons (Fsp3) is 0.562. The molecule has 1 amide bonds. The number of carbonyl (C=O) groups excluding carboxylic acids is 1. The molecule has 20 heavy (non-hydrogen) atoms. The summed E-state index contributed by atoms with van der Waals surface area (Å²) in [5, 5.41) is 7.19. The summed E-state index contributed by atoms with van der Waals surface area (Å²) in [4.78, 5) is 12.1. The Hall–Kier alpha value is -1.06. The van der Waals surface area contributed by atoms with Crippen LogP contribution in [0.2, 0.25) is 5.02 Å². The van der Waals surface area contributed by atoms with Crippen molar-refractivity contribution < 1.29 is 4.79 Å². The molecule has 0 radical (unpaired) electrons. The first-order valence-corrected chi connectivity index (χ1v) is 7.76. The Kier molecular flexibility index (Phi) is 5.44. The number of amides is 1. The highest BCUT2D eigenvalue weighted by molar-refractivity contribution is 6.30. The van der Waals surface area contributed by atoms with Crippen molar-refractivity contribution >= 4 is 17.5 Å². The molecule has 0 heterocycles. The second-order valence-electron chi connectivity index (χ2n) is 5.65. The molecule has 0 saturated heterocycles. The van der Waals surface area contributed by atoms with Gasteiger partial charge in [-0.1, -0.05) is 36.6 Å². The number of hydrogen-bond donors (Lipinski definition) is 2. The number of benzene rings is 1. The van der Waals surface area contributed by atoms with Gasteiger partial charge in [0, 0.05) is 17.1 Å². The Morgan fingerprint density at radius 2 is 1.80 bits per heavy atom. The predicted octanol–water partition coefficient (Wildman–Crippen LogP) is 3.44. The summed E-state index contributed by atoms with van der Waals surface area (Å²) in [6.45, 7) is 3.97. The Labute approximate surface area is 126 Å². The normalized spacial score (nSPS) is 18.8. The van der Waals surface area contributed by atoms with Crippen molar-refractivity contribution in [1.29, 1.82) is 0 Å². The van der Waals surface area contributed by atoms with E-state index in [1.165, 1.54) is 12.8 Å². The predicted molar refractivity (Wildman–Crippen MR) is 82.9 cm³/mol. The molecule has 110 valence electrons. The molecule has 4 heteroatoms. The number of carbonyl (C=O) groups is 1. The van der Waals surface area contributed by atoms with Gasteiger partial charge in [-0.2, -0.15) is 0 Å². The van der Waals surface area contributed by atoms with Crippen LogP contribution in [0.4, 0.5) is 0 Å². The van der Waals surface area contributed by atoms with Crippen molar-refractivity contribution in [3.8, 4) is 0 Å². The summed E-state index contributed by atoms with van der Waals surface area (Å²) in [7, 11) is 0. The van der Waals surface area contributed by atoms with Crippen LogP contribution in [0, 0.1) is 0 Å². The minimum Gasteiger partial charge on any atom is -0.352 e. The van der Waals surface area contributed by atoms with Gasteiger partial charge >= 0.3 is 0 Å². The quantitative estimate of drug-likeness (QED) is 0.873. The Balaban J connectivity index is 1.84. The third-order valence-electron chi connectivity index (χ3n) is 3.96. The van der Waals surface area contributed by atoms with E-state index >= 15 is 0 Å². The highest BCUT2D eigenvalue weighted by atomic mass is 35.5. The van der Waals surface area contributed by atoms with E-state index in [1.54, 1.807) is 0 Å². The first-order valence-electron chi connectivity index (χ1n) is 7.38. The molecule has 0 bridgehead atoms. The molecule has 1 saturated carbocycles. The van der Waals surface area contributed by atoms with Gasteiger partial charge in [0.15, 0.2) is 0 Å². The second-order valence-corrected chi connectivity index (χ2v) is 6.09. The molecular weight excluding hydrogens is 272 g/mol. The maximum Gasteiger partial charge on any atom is 0.237 e. The molecule has 1 aliphatic rings. The Morgan fingerprint density at radius 3 is 2.40 bits per heavy atom. The van der Waals surface area contributed by atoms with Gasteiger partial charge in [0.25, 0.3) is 0 Å². The van der Waals surface area contributed by atoms with Gasteiger partial charge in [0.1, 0.15) is 0 Å². The van der Waals surface area contributed by atoms with E-state index in [0.29, 0.717) is 6.04 Å². The highest BCUT2D eigenvalue weighted by Crippen LogP contribution is 2.18. The van der Waals surface area contributed by atoms with E-state index in [2.05, 4.69) is 17.6 Å². The first-order chi connectivity index (χ1) is 9.56. The average Bonchev–Trinajstić information content (AvgIpc) is 2.92. The van der Waals surface area contributed by atoms with Crippen LogP contribution in [0.1, 0.15) is 51.1 Å². The standard InChI is InChI=1S/C16H23ClN2O/c1-11(13-7-9-14(17)10-8-13)18-12(2)16(20)19-15-5-3-4-6-15/h7-12,15,18H,3-6H2,1-2H3,(H,19,20)/t11-,12-/m0/s1. The van der Waals surface area contributed by atoms with E-state index < -0.39 is 0 Å². The summed E-state index contributed by atoms with van der Waals surface area (Å²) in [5.74, 6) is 0.0951. The van der Waals surface area contributed by atoms with Crippen molar-refractivity contribution in [3.63, 3.8) is 0 Å². The van der Waals surface area contributed by atoms with Gasteiger partial charge in [-0.05, 0) is 44.4 Å². The van der Waals surface area contributed by atoms with Crippen LogP contribution in [0.3, 0.4) is 0 Å². The topological polar surface area (TPSA) is 41.1 Å². The van der Waals surface area contributed by atoms with Crippen LogP contribution >= 0.6 is 11.6 Å². The minimum atomic E-state index is -0.193. The number of halogens is 1. The van der Waals surface area contributed by atoms with Crippen LogP contribution in [0.15, 0.2) is 24.3 Å². The molecular formula is C16H23ClN2O. The largest absolute Gasteiger partial charge is 0.352 e. The smallest absolute Gasteiger partial charge is 0.237 e. The second kappa shape index (κ2) is 7.09. The lowest BCUT2D eigenvalue weighted by Crippen LogP contribution is -2.46. The van der Waals surface area contributed by atoms with Crippen LogP contribution in [-0.2, 0) is 4.79 Å². The molecule has 3 nitrogen and oxygen atoms in total. The molecule has 1 aromatic carbocycles. The average molecular weight is 295 g/mol. The summed E-state index contributed by atoms with van der Waals surface area (Å²) in [5.41, 5.74) is 1.13. The molecule has 1 aromatic rings. The van der Waals surface area contributed by atoms with E-state index in [0.717, 1.165) is 23.4 Å². The summed E-state index contributed by atoms with van der Waals surface area (Å²) in [6.07, 6.45) is 4.69. The fourth-order valence-electron chi connectivity index (χ4n) is 2.69. The highest BCUT2D eigenvalue weighted by Gasteiger charge is 2.21. The van der Waals surface area contributed by atoms with Gasteiger partial charge in [0.2, 0.25) is 5.91 Å². The fourth-order valence-corrected chi connectivity index (χ4v) is 2.82. The first kappa shape index (κ1) is 15.3. The number of nitrogens with one attached hydrogen (secondary N) is 2. The monoisotopic (exact) mass is 294 g/mol. The van der Waals surface area contributed by atoms with Crippen LogP contribution < -0.4 is 10.6 Å². The zero-order valence-corrected chi connectivity index (χ0v) is 12.9. The van der Waals surface area contributed by atoms with Gasteiger partial charge < -0.3 is 5.32 Å². The summed E-state index contributed by atoms with van der Waals surface area (Å²) in [6, 6.07) is 8.02. The lowest BCUT2D eigenvalue weighted by atomic mass is 10.1. The van der Waals surface area contributed by atoms with Gasteiger partial charge in [0.05, 0.1) is 6.04 Å². The third kappa shape index (κ3) is 4.22. The van der Waals surface area contributed by atoms with Gasteiger partial charge in [-0.15, -0.1) is 0 Å². The summed E-state index contributed by atoms with van der Waals surface area (Å²) >= 11 is 5.88. The lowest BCUT2D eigenvalue weighted by Gasteiger charge is -2.22. The zero-order valence-electron chi connectivity index (χ0n) is 12.2. The molecule has 1 fully saturated rings. The molecule has 2 atom stereocenters. The lowest BCUT2D eigenvalue weighted by molar-refractivity contribution is -0.123. The van der Waals surface area contributed by atoms with E-state index in [4.69, 9.17) is 11.6 Å². The zero-order chi connectivity index (χ0) is 14.5. The van der Waals surface area contributed by atoms with E-state index in [-0.39, 0.29) is 18.0 Å². The maximum atomic E-state index is 12.1. The van der Waals surface area contributed by atoms with Crippen molar-refractivity contribution in [2.45, 2.75) is 57.7 Å². The van der Waals surface area contributed by atoms with Crippen molar-refractivity contribution in [1.82, 2.24) is 10.6 Å². The molecule has 2 N–H and O–H groups in total. The molecule has 0 unspecified atom stereocenters. The molecule has 1 aliphatic carbocycles. The van der Waals surface area contributed by atoms with Gasteiger partial charge in [-0.3, -0.25) is 10.1 Å². The van der Waals surface area contributed by atoms with Crippen LogP contribution in [0.5, 0.6) is 0 Å². The van der Waals surface area contributed by atoms with E-state index in [9.17, 15) is 4.79 Å². The van der Waals surface area contributed by atoms with E-state index in [1.807, 2.05) is 31.2 Å². The van der Waals surface area contributed by atoms with Crippen LogP contribution in [-0.4, -0.2) is 18.0 Å². The SMILES string of the molecule is C[C@H](N[C@@H](C)c1ccc(Cl)cc1)C(=O)NC1CCCC1. The maximum absolute atomic E-state index is 12.1. The Morgan fingerprint density at radius 1 is 1.20 bits per heavy atom. The number of hydrogen-bond acceptors (Lipinski definition) is 2. The minimum absolute atomic E-state index is 0.0951. The van der Waals surface area contributed by atoms with Crippen molar-refractivity contribution in [2.24, 2.45) is 0 Å². The summed E-state index contributed by atoms with van der Waals surface area (Å²) < 4.78 is 0. The molecule has 0 spiro atoms. The molecule has 0 aromatic heterocycles. The third-order valence-corrected chi connectivity index (χ3v) is 4.22. The van der Waals surface area contributed by atoms with Crippen molar-refractivity contribution in [3.05, 3.63) is 34.9 Å².